The Morgan fingerprint density at radius 1 is 1.35 bits per heavy atom. The number of hydrogen-bond donors (Lipinski definition) is 1. The highest BCUT2D eigenvalue weighted by atomic mass is 16.5. The zero-order valence-corrected chi connectivity index (χ0v) is 10.4. The number of nitrogens with one attached hydrogen (secondary N) is 1. The van der Waals surface area contributed by atoms with Crippen LogP contribution in [0.4, 0.5) is 0 Å². The van der Waals surface area contributed by atoms with Crippen molar-refractivity contribution in [2.75, 3.05) is 19.8 Å². The first-order chi connectivity index (χ1) is 8.29. The second kappa shape index (κ2) is 4.17. The van der Waals surface area contributed by atoms with Crippen LogP contribution in [-0.2, 0) is 11.8 Å². The molecular weight excluding hydrogens is 212 g/mol. The smallest absolute Gasteiger partial charge is 0.0663 e. The zero-order chi connectivity index (χ0) is 11.8. The van der Waals surface area contributed by atoms with Gasteiger partial charge in [0.1, 0.15) is 0 Å². The summed E-state index contributed by atoms with van der Waals surface area (Å²) in [6, 6.07) is 8.91. The Morgan fingerprint density at radius 3 is 2.94 bits per heavy atom. The number of fused-ring (bicyclic) bond motifs is 1. The molecule has 3 nitrogen and oxygen atoms in total. The van der Waals surface area contributed by atoms with Gasteiger partial charge < -0.3 is 14.6 Å². The molecule has 0 spiro atoms. The van der Waals surface area contributed by atoms with Crippen molar-refractivity contribution in [3.05, 3.63) is 35.5 Å². The molecule has 0 amide bonds. The minimum atomic E-state index is 0.329. The average molecular weight is 230 g/mol. The Hall–Kier alpha value is -1.32. The topological polar surface area (TPSA) is 26.2 Å². The van der Waals surface area contributed by atoms with Gasteiger partial charge in [-0.15, -0.1) is 0 Å². The van der Waals surface area contributed by atoms with E-state index in [4.69, 9.17) is 4.74 Å². The Morgan fingerprint density at radius 2 is 2.18 bits per heavy atom. The summed E-state index contributed by atoms with van der Waals surface area (Å²) in [7, 11) is 2.13. The van der Waals surface area contributed by atoms with Crippen LogP contribution in [0.3, 0.4) is 0 Å². The van der Waals surface area contributed by atoms with Gasteiger partial charge >= 0.3 is 0 Å². The van der Waals surface area contributed by atoms with Crippen LogP contribution in [0.15, 0.2) is 24.3 Å². The molecule has 0 radical (unpaired) electrons. The molecule has 2 aromatic rings. The van der Waals surface area contributed by atoms with Crippen LogP contribution in [0, 0.1) is 6.92 Å². The van der Waals surface area contributed by atoms with Crippen LogP contribution in [-0.4, -0.2) is 24.3 Å². The van der Waals surface area contributed by atoms with Gasteiger partial charge in [-0.25, -0.2) is 0 Å². The maximum atomic E-state index is 5.58. The fourth-order valence-electron chi connectivity index (χ4n) is 2.74. The lowest BCUT2D eigenvalue weighted by Crippen LogP contribution is -2.34. The summed E-state index contributed by atoms with van der Waals surface area (Å²) in [5.41, 5.74) is 4.02. The van der Waals surface area contributed by atoms with Crippen molar-refractivity contribution < 1.29 is 4.74 Å². The first-order valence-electron chi connectivity index (χ1n) is 6.14. The molecule has 1 N–H and O–H groups in total. The number of hydrogen-bond acceptors (Lipinski definition) is 2. The summed E-state index contributed by atoms with van der Waals surface area (Å²) in [5, 5.41) is 4.89. The number of ether oxygens (including phenoxy) is 1. The molecule has 1 aromatic heterocycles. The minimum absolute atomic E-state index is 0.329. The second-order valence-electron chi connectivity index (χ2n) is 4.66. The maximum absolute atomic E-state index is 5.58. The number of morpholine rings is 1. The number of aromatic nitrogens is 1. The Labute approximate surface area is 101 Å². The van der Waals surface area contributed by atoms with Crippen molar-refractivity contribution in [1.29, 1.82) is 0 Å². The molecule has 3 heteroatoms. The van der Waals surface area contributed by atoms with E-state index in [1.54, 1.807) is 0 Å². The van der Waals surface area contributed by atoms with E-state index in [0.29, 0.717) is 6.04 Å². The number of nitrogens with zero attached hydrogens (tertiary/aromatic N) is 1. The Balaban J connectivity index is 2.17. The third-order valence-corrected chi connectivity index (χ3v) is 3.72. The SMILES string of the molecule is Cc1c(C2COCCN2)c2ccccc2n1C. The minimum Gasteiger partial charge on any atom is -0.378 e. The van der Waals surface area contributed by atoms with Crippen molar-refractivity contribution in [1.82, 2.24) is 9.88 Å². The summed E-state index contributed by atoms with van der Waals surface area (Å²) < 4.78 is 7.84. The van der Waals surface area contributed by atoms with Gasteiger partial charge in [0.25, 0.3) is 0 Å². The number of para-hydroxylation sites is 1. The molecule has 0 aliphatic carbocycles. The third-order valence-electron chi connectivity index (χ3n) is 3.72. The van der Waals surface area contributed by atoms with Crippen LogP contribution in [0.25, 0.3) is 10.9 Å². The van der Waals surface area contributed by atoms with Gasteiger partial charge in [0.15, 0.2) is 0 Å². The van der Waals surface area contributed by atoms with Crippen LogP contribution in [0.2, 0.25) is 0 Å². The average Bonchev–Trinajstić information content (AvgIpc) is 2.64. The summed E-state index contributed by atoms with van der Waals surface area (Å²) in [4.78, 5) is 0. The van der Waals surface area contributed by atoms with Gasteiger partial charge in [0.2, 0.25) is 0 Å². The van der Waals surface area contributed by atoms with Gasteiger partial charge in [-0.1, -0.05) is 18.2 Å². The lowest BCUT2D eigenvalue weighted by molar-refractivity contribution is 0.0770. The quantitative estimate of drug-likeness (QED) is 0.812. The number of aryl methyl sites for hydroxylation is 1. The summed E-state index contributed by atoms with van der Waals surface area (Å²) in [5.74, 6) is 0. The predicted molar refractivity (Wildman–Crippen MR) is 69.2 cm³/mol. The molecule has 1 unspecified atom stereocenters. The van der Waals surface area contributed by atoms with Crippen molar-refractivity contribution in [2.45, 2.75) is 13.0 Å². The molecule has 90 valence electrons. The van der Waals surface area contributed by atoms with Crippen LogP contribution < -0.4 is 5.32 Å². The molecule has 0 saturated carbocycles. The molecular formula is C14H18N2O. The molecule has 1 fully saturated rings. The van der Waals surface area contributed by atoms with Gasteiger partial charge in [-0.2, -0.15) is 0 Å². The van der Waals surface area contributed by atoms with E-state index in [1.807, 2.05) is 0 Å². The molecule has 0 bridgehead atoms. The molecule has 1 atom stereocenters. The van der Waals surface area contributed by atoms with Crippen molar-refractivity contribution >= 4 is 10.9 Å². The van der Waals surface area contributed by atoms with Crippen LogP contribution in [0.5, 0.6) is 0 Å². The van der Waals surface area contributed by atoms with Crippen LogP contribution in [0.1, 0.15) is 17.3 Å². The highest BCUT2D eigenvalue weighted by Gasteiger charge is 2.22. The standard InChI is InChI=1S/C14H18N2O/c1-10-14(12-9-17-8-7-15-12)11-5-3-4-6-13(11)16(10)2/h3-6,12,15H,7-9H2,1-2H3. The third kappa shape index (κ3) is 1.66. The maximum Gasteiger partial charge on any atom is 0.0663 e. The van der Waals surface area contributed by atoms with E-state index in [0.717, 1.165) is 19.8 Å². The summed E-state index contributed by atoms with van der Waals surface area (Å²) >= 11 is 0. The predicted octanol–water partition coefficient (Wildman–Crippen LogP) is 2.15. The highest BCUT2D eigenvalue weighted by Crippen LogP contribution is 2.30. The van der Waals surface area contributed by atoms with Crippen molar-refractivity contribution in [2.24, 2.45) is 7.05 Å². The molecule has 2 heterocycles. The normalized spacial score (nSPS) is 20.9. The fraction of sp³-hybridized carbons (Fsp3) is 0.429. The Bertz CT molecular complexity index is 538. The van der Waals surface area contributed by atoms with Gasteiger partial charge in [-0.3, -0.25) is 0 Å². The summed E-state index contributed by atoms with van der Waals surface area (Å²) in [6.45, 7) is 4.72. The van der Waals surface area contributed by atoms with E-state index >= 15 is 0 Å². The lowest BCUT2D eigenvalue weighted by atomic mass is 10.0. The molecule has 1 saturated heterocycles. The van der Waals surface area contributed by atoms with E-state index in [-0.39, 0.29) is 0 Å². The van der Waals surface area contributed by atoms with Gasteiger partial charge in [0, 0.05) is 30.2 Å². The van der Waals surface area contributed by atoms with Gasteiger partial charge in [-0.05, 0) is 18.6 Å². The fourth-order valence-corrected chi connectivity index (χ4v) is 2.74. The summed E-state index contributed by atoms with van der Waals surface area (Å²) in [6.07, 6.45) is 0. The Kier molecular flexibility index (Phi) is 2.65. The molecule has 3 rings (SSSR count). The number of rotatable bonds is 1. The van der Waals surface area contributed by atoms with Crippen molar-refractivity contribution in [3.63, 3.8) is 0 Å². The van der Waals surface area contributed by atoms with Crippen LogP contribution >= 0.6 is 0 Å². The van der Waals surface area contributed by atoms with E-state index < -0.39 is 0 Å². The monoisotopic (exact) mass is 230 g/mol. The zero-order valence-electron chi connectivity index (χ0n) is 10.4. The first-order valence-corrected chi connectivity index (χ1v) is 6.14. The molecule has 17 heavy (non-hydrogen) atoms. The largest absolute Gasteiger partial charge is 0.378 e. The van der Waals surface area contributed by atoms with E-state index in [2.05, 4.69) is 48.1 Å². The second-order valence-corrected chi connectivity index (χ2v) is 4.66. The molecule has 1 aromatic carbocycles. The number of benzene rings is 1. The highest BCUT2D eigenvalue weighted by molar-refractivity contribution is 5.86. The van der Waals surface area contributed by atoms with Crippen molar-refractivity contribution in [3.8, 4) is 0 Å². The van der Waals surface area contributed by atoms with E-state index in [9.17, 15) is 0 Å². The first kappa shape index (κ1) is 10.8. The molecule has 1 aliphatic heterocycles. The molecule has 1 aliphatic rings. The van der Waals surface area contributed by atoms with E-state index in [1.165, 1.54) is 22.2 Å². The lowest BCUT2D eigenvalue weighted by Gasteiger charge is -2.24. The van der Waals surface area contributed by atoms with Gasteiger partial charge in [0.05, 0.1) is 19.3 Å².